The van der Waals surface area contributed by atoms with Crippen LogP contribution in [-0.2, 0) is 4.79 Å². The summed E-state index contributed by atoms with van der Waals surface area (Å²) in [5, 5.41) is 2.82. The first-order valence-corrected chi connectivity index (χ1v) is 6.23. The minimum absolute atomic E-state index is 0.0348. The summed E-state index contributed by atoms with van der Waals surface area (Å²) in [6, 6.07) is 5.87. The number of hydrogen-bond donors (Lipinski definition) is 1. The Morgan fingerprint density at radius 2 is 1.94 bits per heavy atom. The fourth-order valence-electron chi connectivity index (χ4n) is 1.75. The van der Waals surface area contributed by atoms with Crippen molar-refractivity contribution in [2.45, 2.75) is 39.5 Å². The molecule has 94 valence electrons. The third-order valence-electron chi connectivity index (χ3n) is 2.88. The summed E-state index contributed by atoms with van der Waals surface area (Å²) in [5.74, 6) is -0.200. The fraction of sp³-hybridized carbons (Fsp3) is 0.500. The van der Waals surface area contributed by atoms with E-state index < -0.39 is 0 Å². The summed E-state index contributed by atoms with van der Waals surface area (Å²) in [5.41, 5.74) is 0.659. The van der Waals surface area contributed by atoms with Crippen LogP contribution in [0.15, 0.2) is 24.3 Å². The van der Waals surface area contributed by atoms with Crippen LogP contribution in [0.5, 0.6) is 0 Å². The molecular weight excluding hydrogens is 217 g/mol. The van der Waals surface area contributed by atoms with Crippen molar-refractivity contribution in [3.63, 3.8) is 0 Å². The first-order chi connectivity index (χ1) is 8.17. The molecule has 0 bridgehead atoms. The van der Waals surface area contributed by atoms with Crippen LogP contribution in [0.1, 0.15) is 39.5 Å². The lowest BCUT2D eigenvalue weighted by Gasteiger charge is -2.14. The molecule has 1 aromatic carbocycles. The predicted molar refractivity (Wildman–Crippen MR) is 68.3 cm³/mol. The molecular formula is C14H20FNO. The molecule has 1 aromatic rings. The summed E-state index contributed by atoms with van der Waals surface area (Å²) in [7, 11) is 0. The van der Waals surface area contributed by atoms with E-state index in [1.165, 1.54) is 12.1 Å². The quantitative estimate of drug-likeness (QED) is 0.796. The Hall–Kier alpha value is -1.38. The summed E-state index contributed by atoms with van der Waals surface area (Å²) in [4.78, 5) is 11.9. The van der Waals surface area contributed by atoms with Crippen LogP contribution < -0.4 is 5.32 Å². The average molecular weight is 237 g/mol. The Bertz CT molecular complexity index is 348. The minimum atomic E-state index is -0.291. The van der Waals surface area contributed by atoms with E-state index in [1.54, 1.807) is 12.1 Å². The second-order valence-corrected chi connectivity index (χ2v) is 4.24. The molecule has 0 radical (unpaired) electrons. The van der Waals surface area contributed by atoms with Gasteiger partial charge in [0.2, 0.25) is 5.91 Å². The fourth-order valence-corrected chi connectivity index (χ4v) is 1.75. The van der Waals surface area contributed by atoms with Gasteiger partial charge in [0.1, 0.15) is 5.82 Å². The highest BCUT2D eigenvalue weighted by molar-refractivity contribution is 5.92. The molecule has 1 atom stereocenters. The van der Waals surface area contributed by atoms with Gasteiger partial charge in [-0.1, -0.05) is 26.7 Å². The van der Waals surface area contributed by atoms with Gasteiger partial charge < -0.3 is 5.32 Å². The van der Waals surface area contributed by atoms with Gasteiger partial charge in [-0.25, -0.2) is 4.39 Å². The summed E-state index contributed by atoms with van der Waals surface area (Å²) < 4.78 is 12.7. The number of benzene rings is 1. The number of nitrogens with one attached hydrogen (secondary N) is 1. The molecule has 0 heterocycles. The van der Waals surface area contributed by atoms with Gasteiger partial charge in [0.15, 0.2) is 0 Å². The van der Waals surface area contributed by atoms with Crippen LogP contribution in [0.3, 0.4) is 0 Å². The molecule has 0 saturated heterocycles. The van der Waals surface area contributed by atoms with Gasteiger partial charge >= 0.3 is 0 Å². The summed E-state index contributed by atoms with van der Waals surface area (Å²) >= 11 is 0. The van der Waals surface area contributed by atoms with E-state index >= 15 is 0 Å². The Labute approximate surface area is 102 Å². The molecule has 1 unspecified atom stereocenters. The second kappa shape index (κ2) is 7.05. The number of anilines is 1. The van der Waals surface area contributed by atoms with Gasteiger partial charge in [-0.05, 0) is 37.1 Å². The highest BCUT2D eigenvalue weighted by atomic mass is 19.1. The molecule has 0 saturated carbocycles. The normalized spacial score (nSPS) is 12.2. The number of hydrogen-bond acceptors (Lipinski definition) is 1. The number of halogens is 1. The third kappa shape index (κ3) is 4.55. The highest BCUT2D eigenvalue weighted by Crippen LogP contribution is 2.16. The molecule has 3 heteroatoms. The first-order valence-electron chi connectivity index (χ1n) is 6.23. The van der Waals surface area contributed by atoms with Crippen molar-refractivity contribution in [3.05, 3.63) is 30.1 Å². The van der Waals surface area contributed by atoms with Crippen LogP contribution in [0.4, 0.5) is 10.1 Å². The third-order valence-corrected chi connectivity index (χ3v) is 2.88. The van der Waals surface area contributed by atoms with Crippen molar-refractivity contribution in [2.24, 2.45) is 5.92 Å². The number of carbonyl (C=O) groups is 1. The Kier molecular flexibility index (Phi) is 5.67. The molecule has 17 heavy (non-hydrogen) atoms. The maximum absolute atomic E-state index is 12.7. The van der Waals surface area contributed by atoms with Gasteiger partial charge in [0, 0.05) is 11.6 Å². The van der Waals surface area contributed by atoms with Crippen LogP contribution in [0, 0.1) is 11.7 Å². The number of amides is 1. The van der Waals surface area contributed by atoms with E-state index in [9.17, 15) is 9.18 Å². The lowest BCUT2D eigenvalue weighted by Crippen LogP contribution is -2.22. The standard InChI is InChI=1S/C14H20FNO/c1-3-5-6-11(4-2)14(17)16-13-9-7-12(15)8-10-13/h7-11H,3-6H2,1-2H3,(H,16,17). The minimum Gasteiger partial charge on any atom is -0.326 e. The van der Waals surface area contributed by atoms with Gasteiger partial charge in [0.05, 0.1) is 0 Å². The van der Waals surface area contributed by atoms with Crippen LogP contribution >= 0.6 is 0 Å². The van der Waals surface area contributed by atoms with Crippen molar-refractivity contribution in [1.82, 2.24) is 0 Å². The molecule has 0 spiro atoms. The SMILES string of the molecule is CCCCC(CC)C(=O)Nc1ccc(F)cc1. The molecule has 1 rings (SSSR count). The van der Waals surface area contributed by atoms with Crippen molar-refractivity contribution in [2.75, 3.05) is 5.32 Å². The Morgan fingerprint density at radius 3 is 2.47 bits per heavy atom. The van der Waals surface area contributed by atoms with E-state index in [1.807, 2.05) is 6.92 Å². The van der Waals surface area contributed by atoms with Crippen molar-refractivity contribution < 1.29 is 9.18 Å². The number of rotatable bonds is 6. The maximum atomic E-state index is 12.7. The molecule has 0 aliphatic rings. The monoisotopic (exact) mass is 237 g/mol. The Balaban J connectivity index is 2.54. The highest BCUT2D eigenvalue weighted by Gasteiger charge is 2.15. The smallest absolute Gasteiger partial charge is 0.227 e. The van der Waals surface area contributed by atoms with E-state index in [-0.39, 0.29) is 17.6 Å². The number of unbranched alkanes of at least 4 members (excludes halogenated alkanes) is 1. The van der Waals surface area contributed by atoms with Crippen LogP contribution in [0.2, 0.25) is 0 Å². The summed E-state index contributed by atoms with van der Waals surface area (Å²) in [6.07, 6.45) is 3.92. The molecule has 0 aliphatic heterocycles. The second-order valence-electron chi connectivity index (χ2n) is 4.24. The van der Waals surface area contributed by atoms with Crippen molar-refractivity contribution in [3.8, 4) is 0 Å². The van der Waals surface area contributed by atoms with E-state index in [4.69, 9.17) is 0 Å². The molecule has 0 fully saturated rings. The van der Waals surface area contributed by atoms with Gasteiger partial charge in [0.25, 0.3) is 0 Å². The topological polar surface area (TPSA) is 29.1 Å². The zero-order valence-electron chi connectivity index (χ0n) is 10.5. The lowest BCUT2D eigenvalue weighted by atomic mass is 9.98. The van der Waals surface area contributed by atoms with Crippen LogP contribution in [0.25, 0.3) is 0 Å². The van der Waals surface area contributed by atoms with Gasteiger partial charge in [-0.2, -0.15) is 0 Å². The van der Waals surface area contributed by atoms with E-state index in [0.29, 0.717) is 5.69 Å². The molecule has 1 N–H and O–H groups in total. The van der Waals surface area contributed by atoms with Gasteiger partial charge in [-0.3, -0.25) is 4.79 Å². The lowest BCUT2D eigenvalue weighted by molar-refractivity contribution is -0.120. The van der Waals surface area contributed by atoms with Crippen molar-refractivity contribution in [1.29, 1.82) is 0 Å². The molecule has 2 nitrogen and oxygen atoms in total. The average Bonchev–Trinajstić information content (AvgIpc) is 2.33. The summed E-state index contributed by atoms with van der Waals surface area (Å²) in [6.45, 7) is 4.13. The number of carbonyl (C=O) groups excluding carboxylic acids is 1. The maximum Gasteiger partial charge on any atom is 0.227 e. The van der Waals surface area contributed by atoms with Gasteiger partial charge in [-0.15, -0.1) is 0 Å². The largest absolute Gasteiger partial charge is 0.326 e. The first kappa shape index (κ1) is 13.7. The molecule has 0 aromatic heterocycles. The molecule has 1 amide bonds. The van der Waals surface area contributed by atoms with E-state index in [2.05, 4.69) is 12.2 Å². The van der Waals surface area contributed by atoms with Crippen LogP contribution in [-0.4, -0.2) is 5.91 Å². The zero-order valence-corrected chi connectivity index (χ0v) is 10.5. The Morgan fingerprint density at radius 1 is 1.29 bits per heavy atom. The molecule has 0 aliphatic carbocycles. The zero-order chi connectivity index (χ0) is 12.7. The van der Waals surface area contributed by atoms with E-state index in [0.717, 1.165) is 25.7 Å². The predicted octanol–water partition coefficient (Wildman–Crippen LogP) is 3.98. The van der Waals surface area contributed by atoms with Crippen molar-refractivity contribution >= 4 is 11.6 Å².